The van der Waals surface area contributed by atoms with Gasteiger partial charge in [-0.15, -0.1) is 0 Å². The number of hydrogen-bond acceptors (Lipinski definition) is 3. The lowest BCUT2D eigenvalue weighted by Crippen LogP contribution is -2.38. The van der Waals surface area contributed by atoms with Crippen molar-refractivity contribution in [3.63, 3.8) is 0 Å². The molecule has 0 saturated carbocycles. The Labute approximate surface area is 196 Å². The van der Waals surface area contributed by atoms with Gasteiger partial charge in [0.1, 0.15) is 0 Å². The SMILES string of the molecule is Cc1ccc(C(=O)N(C(=O)c2ccc(C)cc2Cl)c2ncc(C(F)(F)F)cc2Cl)c(Cl)c1. The minimum Gasteiger partial charge on any atom is -0.268 e. The number of nitrogens with zero attached hydrogens (tertiary/aromatic N) is 2. The average Bonchev–Trinajstić information content (AvgIpc) is 2.68. The average molecular weight is 502 g/mol. The van der Waals surface area contributed by atoms with Crippen LogP contribution in [0.3, 0.4) is 0 Å². The molecule has 3 rings (SSSR count). The number of rotatable bonds is 3. The summed E-state index contributed by atoms with van der Waals surface area (Å²) < 4.78 is 39.1. The molecular formula is C22H14Cl3F3N2O2. The zero-order valence-electron chi connectivity index (χ0n) is 16.6. The van der Waals surface area contributed by atoms with E-state index in [9.17, 15) is 22.8 Å². The van der Waals surface area contributed by atoms with Gasteiger partial charge in [-0.3, -0.25) is 9.59 Å². The molecule has 1 aromatic heterocycles. The van der Waals surface area contributed by atoms with Crippen molar-refractivity contribution in [2.75, 3.05) is 4.90 Å². The first-order chi connectivity index (χ1) is 14.9. The van der Waals surface area contributed by atoms with E-state index in [1.54, 1.807) is 26.0 Å². The van der Waals surface area contributed by atoms with Crippen molar-refractivity contribution in [1.82, 2.24) is 4.98 Å². The fourth-order valence-corrected chi connectivity index (χ4v) is 3.75. The van der Waals surface area contributed by atoms with Crippen molar-refractivity contribution in [3.05, 3.63) is 91.5 Å². The third-order valence-corrected chi connectivity index (χ3v) is 5.38. The lowest BCUT2D eigenvalue weighted by atomic mass is 10.1. The van der Waals surface area contributed by atoms with Crippen LogP contribution in [-0.4, -0.2) is 16.8 Å². The molecule has 4 nitrogen and oxygen atoms in total. The van der Waals surface area contributed by atoms with Crippen molar-refractivity contribution in [2.45, 2.75) is 20.0 Å². The summed E-state index contributed by atoms with van der Waals surface area (Å²) >= 11 is 18.4. The molecule has 10 heteroatoms. The summed E-state index contributed by atoms with van der Waals surface area (Å²) in [4.78, 5) is 31.0. The molecule has 2 amide bonds. The minimum atomic E-state index is -4.71. The smallest absolute Gasteiger partial charge is 0.268 e. The summed E-state index contributed by atoms with van der Waals surface area (Å²) in [5.41, 5.74) is 0.263. The largest absolute Gasteiger partial charge is 0.417 e. The van der Waals surface area contributed by atoms with E-state index in [-0.39, 0.29) is 21.2 Å². The zero-order valence-corrected chi connectivity index (χ0v) is 18.9. The number of alkyl halides is 3. The molecule has 0 fully saturated rings. The molecule has 0 aliphatic rings. The summed E-state index contributed by atoms with van der Waals surface area (Å²) in [6.45, 7) is 3.51. The number of halogens is 6. The zero-order chi connectivity index (χ0) is 23.8. The van der Waals surface area contributed by atoms with Crippen molar-refractivity contribution in [1.29, 1.82) is 0 Å². The topological polar surface area (TPSA) is 50.3 Å². The summed E-state index contributed by atoms with van der Waals surface area (Å²) in [5.74, 6) is -2.33. The number of anilines is 1. The molecule has 3 aromatic rings. The molecule has 32 heavy (non-hydrogen) atoms. The van der Waals surface area contributed by atoms with Crippen LogP contribution in [0.5, 0.6) is 0 Å². The van der Waals surface area contributed by atoms with E-state index < -0.39 is 34.4 Å². The second-order valence-electron chi connectivity index (χ2n) is 6.94. The predicted molar refractivity (Wildman–Crippen MR) is 118 cm³/mol. The van der Waals surface area contributed by atoms with Crippen LogP contribution in [-0.2, 0) is 6.18 Å². The van der Waals surface area contributed by atoms with Crippen LogP contribution >= 0.6 is 34.8 Å². The number of pyridine rings is 1. The van der Waals surface area contributed by atoms with Gasteiger partial charge in [0.25, 0.3) is 11.8 Å². The number of imide groups is 1. The first kappa shape index (κ1) is 24.0. The molecule has 0 N–H and O–H groups in total. The molecule has 0 radical (unpaired) electrons. The van der Waals surface area contributed by atoms with Crippen LogP contribution in [0.15, 0.2) is 48.7 Å². The van der Waals surface area contributed by atoms with E-state index in [2.05, 4.69) is 4.98 Å². The van der Waals surface area contributed by atoms with E-state index in [1.807, 2.05) is 0 Å². The Kier molecular flexibility index (Phi) is 6.83. The van der Waals surface area contributed by atoms with Gasteiger partial charge in [0.15, 0.2) is 5.82 Å². The van der Waals surface area contributed by atoms with Gasteiger partial charge in [0, 0.05) is 6.20 Å². The maximum Gasteiger partial charge on any atom is 0.417 e. The lowest BCUT2D eigenvalue weighted by Gasteiger charge is -2.23. The third kappa shape index (κ3) is 4.90. The van der Waals surface area contributed by atoms with Crippen molar-refractivity contribution >= 4 is 52.4 Å². The maximum atomic E-state index is 13.4. The highest BCUT2D eigenvalue weighted by Crippen LogP contribution is 2.35. The first-order valence-corrected chi connectivity index (χ1v) is 10.2. The van der Waals surface area contributed by atoms with Crippen LogP contribution in [0.4, 0.5) is 19.0 Å². The highest BCUT2D eigenvalue weighted by atomic mass is 35.5. The van der Waals surface area contributed by atoms with Gasteiger partial charge in [-0.05, 0) is 55.3 Å². The Balaban J connectivity index is 2.19. The van der Waals surface area contributed by atoms with Gasteiger partial charge >= 0.3 is 6.18 Å². The molecule has 0 aliphatic carbocycles. The summed E-state index contributed by atoms with van der Waals surface area (Å²) in [5, 5.41) is -0.454. The minimum absolute atomic E-state index is 0.0471. The van der Waals surface area contributed by atoms with E-state index in [0.717, 1.165) is 11.1 Å². The number of aryl methyl sites for hydroxylation is 2. The number of carbonyl (C=O) groups is 2. The van der Waals surface area contributed by atoms with Crippen molar-refractivity contribution < 1.29 is 22.8 Å². The highest BCUT2D eigenvalue weighted by Gasteiger charge is 2.35. The summed E-state index contributed by atoms with van der Waals surface area (Å²) in [6.07, 6.45) is -4.23. The highest BCUT2D eigenvalue weighted by molar-refractivity contribution is 6.40. The molecule has 0 spiro atoms. The Morgan fingerprint density at radius 1 is 0.812 bits per heavy atom. The molecule has 2 aromatic carbocycles. The first-order valence-electron chi connectivity index (χ1n) is 9.04. The van der Waals surface area contributed by atoms with Crippen LogP contribution < -0.4 is 4.90 Å². The Morgan fingerprint density at radius 2 is 1.28 bits per heavy atom. The number of carbonyl (C=O) groups excluding carboxylic acids is 2. The van der Waals surface area contributed by atoms with Crippen molar-refractivity contribution in [3.8, 4) is 0 Å². The molecule has 0 bridgehead atoms. The van der Waals surface area contributed by atoms with Gasteiger partial charge in [-0.1, -0.05) is 46.9 Å². The molecule has 0 unspecified atom stereocenters. The Morgan fingerprint density at radius 3 is 1.66 bits per heavy atom. The van der Waals surface area contributed by atoms with Crippen LogP contribution in [0.1, 0.15) is 37.4 Å². The molecule has 0 aliphatic heterocycles. The molecule has 0 saturated heterocycles. The molecule has 1 heterocycles. The lowest BCUT2D eigenvalue weighted by molar-refractivity contribution is -0.137. The molecule has 0 atom stereocenters. The molecular weight excluding hydrogens is 488 g/mol. The number of amides is 2. The predicted octanol–water partition coefficient (Wildman–Crippen LogP) is 7.16. The van der Waals surface area contributed by atoms with E-state index in [4.69, 9.17) is 34.8 Å². The van der Waals surface area contributed by atoms with Gasteiger partial charge in [-0.25, -0.2) is 9.88 Å². The third-order valence-electron chi connectivity index (χ3n) is 4.48. The standard InChI is InChI=1S/C22H14Cl3F3N2O2/c1-11-3-5-14(16(23)7-11)20(31)30(21(32)15-6-4-12(2)8-17(15)24)19-18(25)9-13(10-29-19)22(26,27)28/h3-10H,1-2H3. The van der Waals surface area contributed by atoms with Gasteiger partial charge in [0.05, 0.1) is 31.8 Å². The van der Waals surface area contributed by atoms with Crippen LogP contribution in [0.25, 0.3) is 0 Å². The summed E-state index contributed by atoms with van der Waals surface area (Å²) in [7, 11) is 0. The number of aromatic nitrogens is 1. The number of hydrogen-bond donors (Lipinski definition) is 0. The van der Waals surface area contributed by atoms with Crippen LogP contribution in [0, 0.1) is 13.8 Å². The quantitative estimate of drug-likeness (QED) is 0.358. The van der Waals surface area contributed by atoms with Gasteiger partial charge in [-0.2, -0.15) is 13.2 Å². The van der Waals surface area contributed by atoms with Crippen molar-refractivity contribution in [2.24, 2.45) is 0 Å². The van der Waals surface area contributed by atoms with Gasteiger partial charge in [0.2, 0.25) is 0 Å². The second-order valence-corrected chi connectivity index (χ2v) is 8.16. The van der Waals surface area contributed by atoms with Crippen LogP contribution in [0.2, 0.25) is 15.1 Å². The fourth-order valence-electron chi connectivity index (χ4n) is 2.86. The fraction of sp³-hybridized carbons (Fsp3) is 0.136. The monoisotopic (exact) mass is 500 g/mol. The maximum absolute atomic E-state index is 13.4. The van der Waals surface area contributed by atoms with E-state index >= 15 is 0 Å². The normalized spacial score (nSPS) is 11.4. The van der Waals surface area contributed by atoms with E-state index in [1.165, 1.54) is 24.3 Å². The Hall–Kier alpha value is -2.61. The molecule has 166 valence electrons. The van der Waals surface area contributed by atoms with E-state index in [0.29, 0.717) is 17.2 Å². The summed E-state index contributed by atoms with van der Waals surface area (Å²) in [6, 6.07) is 9.61. The van der Waals surface area contributed by atoms with Gasteiger partial charge < -0.3 is 0 Å². The second kappa shape index (κ2) is 9.10. The Bertz CT molecular complexity index is 1170. The number of benzene rings is 2.